The Morgan fingerprint density at radius 2 is 1.96 bits per heavy atom. The van der Waals surface area contributed by atoms with Crippen LogP contribution in [-0.4, -0.2) is 49.0 Å². The van der Waals surface area contributed by atoms with Crippen molar-refractivity contribution >= 4 is 12.4 Å². The van der Waals surface area contributed by atoms with Crippen molar-refractivity contribution in [1.29, 1.82) is 0 Å². The molecule has 3 rings (SSSR count). The summed E-state index contributed by atoms with van der Waals surface area (Å²) in [5, 5.41) is 10.3. The van der Waals surface area contributed by atoms with Gasteiger partial charge in [-0.3, -0.25) is 4.90 Å². The Morgan fingerprint density at radius 1 is 1.21 bits per heavy atom. The van der Waals surface area contributed by atoms with Gasteiger partial charge in [0.15, 0.2) is 0 Å². The summed E-state index contributed by atoms with van der Waals surface area (Å²) in [5.74, 6) is 0.986. The van der Waals surface area contributed by atoms with Gasteiger partial charge in [0.05, 0.1) is 12.7 Å². The predicted octanol–water partition coefficient (Wildman–Crippen LogP) is 4.18. The molecule has 1 heterocycles. The minimum absolute atomic E-state index is 0. The molecule has 4 nitrogen and oxygen atoms in total. The number of aliphatic hydroxyl groups is 1. The number of ether oxygens (including phenoxy) is 2. The number of aliphatic hydroxyl groups excluding tert-OH is 1. The molecule has 0 saturated carbocycles. The highest BCUT2D eigenvalue weighted by molar-refractivity contribution is 5.85. The predicted molar refractivity (Wildman–Crippen MR) is 111 cm³/mol. The molecule has 0 bridgehead atoms. The van der Waals surface area contributed by atoms with Gasteiger partial charge >= 0.3 is 0 Å². The van der Waals surface area contributed by atoms with Gasteiger partial charge in [0.1, 0.15) is 24.3 Å². The van der Waals surface area contributed by atoms with E-state index in [4.69, 9.17) is 9.47 Å². The zero-order chi connectivity index (χ0) is 19.2. The van der Waals surface area contributed by atoms with Gasteiger partial charge in [0.2, 0.25) is 0 Å². The molecule has 1 aliphatic rings. The maximum Gasteiger partial charge on any atom is 0.123 e. The first-order valence-electron chi connectivity index (χ1n) is 9.51. The summed E-state index contributed by atoms with van der Waals surface area (Å²) in [6, 6.07) is 14.5. The first-order chi connectivity index (χ1) is 13.0. The van der Waals surface area contributed by atoms with E-state index in [1.54, 1.807) is 6.07 Å². The number of rotatable bonds is 7. The Balaban J connectivity index is 0.00000280. The zero-order valence-electron chi connectivity index (χ0n) is 16.4. The van der Waals surface area contributed by atoms with E-state index < -0.39 is 6.10 Å². The SMILES string of the molecule is CC(C)c1ccc(OCC(O)CN2CCOC(c3cccc(F)c3)C2)cc1.Cl. The second kappa shape index (κ2) is 10.8. The lowest BCUT2D eigenvalue weighted by Crippen LogP contribution is -2.43. The topological polar surface area (TPSA) is 41.9 Å². The molecule has 1 N–H and O–H groups in total. The third kappa shape index (κ3) is 6.45. The largest absolute Gasteiger partial charge is 0.491 e. The summed E-state index contributed by atoms with van der Waals surface area (Å²) in [5.41, 5.74) is 2.09. The summed E-state index contributed by atoms with van der Waals surface area (Å²) in [6.07, 6.45) is -0.771. The maximum absolute atomic E-state index is 13.4. The highest BCUT2D eigenvalue weighted by Gasteiger charge is 2.24. The second-order valence-corrected chi connectivity index (χ2v) is 7.36. The lowest BCUT2D eigenvalue weighted by molar-refractivity contribution is -0.0460. The number of nitrogens with zero attached hydrogens (tertiary/aromatic N) is 1. The lowest BCUT2D eigenvalue weighted by atomic mass is 10.0. The van der Waals surface area contributed by atoms with Crippen molar-refractivity contribution in [2.45, 2.75) is 32.0 Å². The number of benzene rings is 2. The van der Waals surface area contributed by atoms with E-state index in [0.29, 0.717) is 25.6 Å². The highest BCUT2D eigenvalue weighted by Crippen LogP contribution is 2.23. The monoisotopic (exact) mass is 409 g/mol. The van der Waals surface area contributed by atoms with E-state index in [1.165, 1.54) is 17.7 Å². The van der Waals surface area contributed by atoms with Crippen LogP contribution in [0.5, 0.6) is 5.75 Å². The fourth-order valence-corrected chi connectivity index (χ4v) is 3.27. The molecule has 2 aromatic carbocycles. The van der Waals surface area contributed by atoms with Crippen molar-refractivity contribution in [3.63, 3.8) is 0 Å². The van der Waals surface area contributed by atoms with Gasteiger partial charge in [0, 0.05) is 19.6 Å². The summed E-state index contributed by atoms with van der Waals surface area (Å²) in [6.45, 7) is 6.97. The third-order valence-corrected chi connectivity index (χ3v) is 4.83. The van der Waals surface area contributed by atoms with Gasteiger partial charge in [-0.05, 0) is 41.3 Å². The molecule has 1 saturated heterocycles. The Bertz CT molecular complexity index is 726. The van der Waals surface area contributed by atoms with Crippen molar-refractivity contribution in [2.75, 3.05) is 32.8 Å². The molecule has 2 unspecified atom stereocenters. The van der Waals surface area contributed by atoms with Crippen LogP contribution in [0.15, 0.2) is 48.5 Å². The number of morpholine rings is 1. The number of hydrogen-bond donors (Lipinski definition) is 1. The Morgan fingerprint density at radius 3 is 2.64 bits per heavy atom. The minimum Gasteiger partial charge on any atom is -0.491 e. The Hall–Kier alpha value is -1.66. The van der Waals surface area contributed by atoms with Crippen molar-refractivity contribution in [3.05, 3.63) is 65.5 Å². The molecule has 6 heteroatoms. The van der Waals surface area contributed by atoms with Gasteiger partial charge in [0.25, 0.3) is 0 Å². The quantitative estimate of drug-likeness (QED) is 0.744. The van der Waals surface area contributed by atoms with Gasteiger partial charge in [-0.15, -0.1) is 12.4 Å². The van der Waals surface area contributed by atoms with Gasteiger partial charge in [-0.1, -0.05) is 38.1 Å². The van der Waals surface area contributed by atoms with Crippen LogP contribution in [0.3, 0.4) is 0 Å². The van der Waals surface area contributed by atoms with E-state index in [9.17, 15) is 9.50 Å². The molecule has 1 aliphatic heterocycles. The van der Waals surface area contributed by atoms with Crippen LogP contribution >= 0.6 is 12.4 Å². The number of β-amino-alcohol motifs (C(OH)–C–C–N with tert-alkyl or cyclic N) is 1. The Kier molecular flexibility index (Phi) is 8.70. The van der Waals surface area contributed by atoms with Crippen LogP contribution in [0, 0.1) is 5.82 Å². The van der Waals surface area contributed by atoms with Crippen LogP contribution in [-0.2, 0) is 4.74 Å². The molecule has 0 radical (unpaired) electrons. The fourth-order valence-electron chi connectivity index (χ4n) is 3.27. The first kappa shape index (κ1) is 22.6. The molecule has 28 heavy (non-hydrogen) atoms. The van der Waals surface area contributed by atoms with E-state index >= 15 is 0 Å². The van der Waals surface area contributed by atoms with E-state index in [0.717, 1.165) is 17.9 Å². The standard InChI is InChI=1S/C22H28FNO3.ClH/c1-16(2)17-6-8-21(9-7-17)27-15-20(25)13-24-10-11-26-22(14-24)18-4-3-5-19(23)12-18;/h3-9,12,16,20,22,25H,10-11,13-15H2,1-2H3;1H. The highest BCUT2D eigenvalue weighted by atomic mass is 35.5. The average Bonchev–Trinajstić information content (AvgIpc) is 2.67. The fraction of sp³-hybridized carbons (Fsp3) is 0.455. The molecular weight excluding hydrogens is 381 g/mol. The molecule has 0 amide bonds. The summed E-state index contributed by atoms with van der Waals surface area (Å²) in [7, 11) is 0. The van der Waals surface area contributed by atoms with Gasteiger partial charge < -0.3 is 14.6 Å². The van der Waals surface area contributed by atoms with Crippen molar-refractivity contribution in [1.82, 2.24) is 4.90 Å². The van der Waals surface area contributed by atoms with Crippen LogP contribution in [0.25, 0.3) is 0 Å². The van der Waals surface area contributed by atoms with E-state index in [1.807, 2.05) is 18.2 Å². The van der Waals surface area contributed by atoms with E-state index in [2.05, 4.69) is 30.9 Å². The minimum atomic E-state index is -0.596. The van der Waals surface area contributed by atoms with Gasteiger partial charge in [-0.25, -0.2) is 4.39 Å². The molecule has 0 aromatic heterocycles. The van der Waals surface area contributed by atoms with Crippen LogP contribution < -0.4 is 4.74 Å². The summed E-state index contributed by atoms with van der Waals surface area (Å²) >= 11 is 0. The summed E-state index contributed by atoms with van der Waals surface area (Å²) < 4.78 is 24.9. The third-order valence-electron chi connectivity index (χ3n) is 4.83. The average molecular weight is 410 g/mol. The van der Waals surface area contributed by atoms with Crippen LogP contribution in [0.1, 0.15) is 37.0 Å². The van der Waals surface area contributed by atoms with Crippen molar-refractivity contribution in [3.8, 4) is 5.75 Å². The molecular formula is C22H29ClFNO3. The van der Waals surface area contributed by atoms with E-state index in [-0.39, 0.29) is 30.9 Å². The molecule has 0 spiro atoms. The van der Waals surface area contributed by atoms with Gasteiger partial charge in [-0.2, -0.15) is 0 Å². The first-order valence-corrected chi connectivity index (χ1v) is 9.51. The number of hydrogen-bond acceptors (Lipinski definition) is 4. The summed E-state index contributed by atoms with van der Waals surface area (Å²) in [4.78, 5) is 2.13. The van der Waals surface area contributed by atoms with Crippen molar-refractivity contribution in [2.24, 2.45) is 0 Å². The normalized spacial score (nSPS) is 18.5. The Labute approximate surface area is 172 Å². The van der Waals surface area contributed by atoms with Crippen molar-refractivity contribution < 1.29 is 19.0 Å². The second-order valence-electron chi connectivity index (χ2n) is 7.36. The number of halogens is 2. The van der Waals surface area contributed by atoms with Crippen LogP contribution in [0.4, 0.5) is 4.39 Å². The lowest BCUT2D eigenvalue weighted by Gasteiger charge is -2.34. The maximum atomic E-state index is 13.4. The smallest absolute Gasteiger partial charge is 0.123 e. The molecule has 2 atom stereocenters. The molecule has 0 aliphatic carbocycles. The van der Waals surface area contributed by atoms with Crippen LogP contribution in [0.2, 0.25) is 0 Å². The molecule has 1 fully saturated rings. The molecule has 154 valence electrons. The molecule has 2 aromatic rings. The zero-order valence-corrected chi connectivity index (χ0v) is 17.2.